The second-order valence-corrected chi connectivity index (χ2v) is 4.51. The van der Waals surface area contributed by atoms with Crippen molar-refractivity contribution in [3.8, 4) is 0 Å². The topological polar surface area (TPSA) is 93.1 Å². The van der Waals surface area contributed by atoms with Gasteiger partial charge in [0.05, 0.1) is 0 Å². The Morgan fingerprint density at radius 2 is 1.59 bits per heavy atom. The van der Waals surface area contributed by atoms with Crippen molar-refractivity contribution in [2.24, 2.45) is 0 Å². The Morgan fingerprint density at radius 1 is 1.06 bits per heavy atom. The van der Waals surface area contributed by atoms with E-state index in [2.05, 4.69) is 9.05 Å². The van der Waals surface area contributed by atoms with Crippen molar-refractivity contribution in [2.75, 3.05) is 0 Å². The Hall–Kier alpha value is -0.740. The van der Waals surface area contributed by atoms with E-state index in [9.17, 15) is 9.13 Å². The first-order valence-electron chi connectivity index (χ1n) is 4.77. The molecule has 0 aromatic heterocycles. The second kappa shape index (κ2) is 7.56. The predicted molar refractivity (Wildman–Crippen MR) is 60.4 cm³/mol. The average Bonchev–Trinajstić information content (AvgIpc) is 2.26. The van der Waals surface area contributed by atoms with Gasteiger partial charge in [0, 0.05) is 15.6 Å². The van der Waals surface area contributed by atoms with E-state index in [4.69, 9.17) is 9.79 Å². The van der Waals surface area contributed by atoms with Gasteiger partial charge < -0.3 is 0 Å². The van der Waals surface area contributed by atoms with Crippen LogP contribution in [0.2, 0.25) is 0 Å². The molecule has 0 aliphatic carbocycles. The van der Waals surface area contributed by atoms with Gasteiger partial charge in [-0.15, -0.1) is 9.79 Å². The lowest BCUT2D eigenvalue weighted by Gasteiger charge is -2.03. The van der Waals surface area contributed by atoms with E-state index in [-0.39, 0.29) is 6.42 Å². The van der Waals surface area contributed by atoms with Crippen LogP contribution < -0.4 is 0 Å². The van der Waals surface area contributed by atoms with Crippen LogP contribution in [0.3, 0.4) is 0 Å². The molecule has 92 valence electrons. The highest BCUT2D eigenvalue weighted by molar-refractivity contribution is 7.32. The lowest BCUT2D eigenvalue weighted by atomic mass is 10.1. The van der Waals surface area contributed by atoms with Crippen molar-refractivity contribution < 1.29 is 28.0 Å². The molecule has 0 spiro atoms. The van der Waals surface area contributed by atoms with Crippen LogP contribution in [-0.4, -0.2) is 16.1 Å². The van der Waals surface area contributed by atoms with Gasteiger partial charge in [0.25, 0.3) is 6.29 Å². The highest BCUT2D eigenvalue weighted by atomic mass is 31.1. The fourth-order valence-electron chi connectivity index (χ4n) is 1.26. The zero-order valence-electron chi connectivity index (χ0n) is 8.80. The second-order valence-electron chi connectivity index (χ2n) is 3.14. The Labute approximate surface area is 100 Å². The minimum atomic E-state index is -2.87. The summed E-state index contributed by atoms with van der Waals surface area (Å²) in [6, 6.07) is 9.31. The third kappa shape index (κ3) is 6.54. The third-order valence-electron chi connectivity index (χ3n) is 1.93. The molecule has 2 atom stereocenters. The summed E-state index contributed by atoms with van der Waals surface area (Å²) in [5.41, 5.74) is 0.978. The van der Waals surface area contributed by atoms with Gasteiger partial charge in [-0.25, -0.2) is 0 Å². The summed E-state index contributed by atoms with van der Waals surface area (Å²) in [6.07, 6.45) is -0.442. The zero-order chi connectivity index (χ0) is 12.7. The monoisotopic (exact) mass is 278 g/mol. The molecule has 1 rings (SSSR count). The molecule has 0 heterocycles. The van der Waals surface area contributed by atoms with E-state index in [0.29, 0.717) is 6.42 Å². The number of benzene rings is 1. The molecule has 0 aliphatic heterocycles. The van der Waals surface area contributed by atoms with E-state index in [1.54, 1.807) is 0 Å². The molecule has 0 saturated heterocycles. The molecule has 2 unspecified atom stereocenters. The molecule has 0 saturated carbocycles. The molecule has 0 bridgehead atoms. The number of hydrogen-bond acceptors (Lipinski definition) is 4. The Balaban J connectivity index is 2.48. The largest absolute Gasteiger partial charge is 0.697 e. The average molecular weight is 278 g/mol. The predicted octanol–water partition coefficient (Wildman–Crippen LogP) is 2.28. The summed E-state index contributed by atoms with van der Waals surface area (Å²) in [6.45, 7) is 0. The molecule has 1 aromatic carbocycles. The minimum Gasteiger partial charge on any atom is -0.133 e. The summed E-state index contributed by atoms with van der Waals surface area (Å²) >= 11 is 0. The molecule has 0 radical (unpaired) electrons. The van der Waals surface area contributed by atoms with E-state index < -0.39 is 22.8 Å². The molecule has 6 nitrogen and oxygen atoms in total. The van der Waals surface area contributed by atoms with Gasteiger partial charge >= 0.3 is 16.5 Å². The molecular formula is C9H12O6P2+2. The minimum absolute atomic E-state index is 0.216. The Bertz CT molecular complexity index is 366. The third-order valence-corrected chi connectivity index (χ3v) is 2.76. The standard InChI is InChI=1S/C9H10O6P2/c10-16(11)14-9(15-17(12)13)7-6-8-4-2-1-3-5-8/h1-5,9H,6-7H2/p+2. The van der Waals surface area contributed by atoms with Crippen LogP contribution in [0.15, 0.2) is 30.3 Å². The van der Waals surface area contributed by atoms with Crippen LogP contribution in [0.5, 0.6) is 0 Å². The normalized spacial score (nSPS) is 14.2. The lowest BCUT2D eigenvalue weighted by Crippen LogP contribution is -2.11. The van der Waals surface area contributed by atoms with Crippen LogP contribution in [0.1, 0.15) is 12.0 Å². The van der Waals surface area contributed by atoms with Crippen molar-refractivity contribution in [3.05, 3.63) is 35.9 Å². The van der Waals surface area contributed by atoms with Crippen molar-refractivity contribution in [1.29, 1.82) is 0 Å². The fourth-order valence-corrected chi connectivity index (χ4v) is 2.02. The van der Waals surface area contributed by atoms with Gasteiger partial charge in [0.2, 0.25) is 0 Å². The molecule has 8 heteroatoms. The van der Waals surface area contributed by atoms with Gasteiger partial charge in [-0.1, -0.05) is 39.4 Å². The van der Waals surface area contributed by atoms with Gasteiger partial charge in [-0.05, 0) is 12.0 Å². The molecule has 0 aliphatic rings. The molecular weight excluding hydrogens is 266 g/mol. The quantitative estimate of drug-likeness (QED) is 0.587. The Morgan fingerprint density at radius 3 is 2.06 bits per heavy atom. The van der Waals surface area contributed by atoms with Crippen molar-refractivity contribution >= 4 is 16.5 Å². The van der Waals surface area contributed by atoms with Crippen LogP contribution in [0, 0.1) is 0 Å². The van der Waals surface area contributed by atoms with E-state index in [1.807, 2.05) is 30.3 Å². The summed E-state index contributed by atoms with van der Waals surface area (Å²) in [7, 11) is -5.73. The van der Waals surface area contributed by atoms with Crippen molar-refractivity contribution in [2.45, 2.75) is 19.1 Å². The molecule has 1 aromatic rings. The number of hydrogen-bond donors (Lipinski definition) is 2. The first kappa shape index (κ1) is 14.3. The van der Waals surface area contributed by atoms with Gasteiger partial charge in [0.15, 0.2) is 0 Å². The summed E-state index contributed by atoms with van der Waals surface area (Å²) < 4.78 is 29.9. The van der Waals surface area contributed by atoms with Crippen LogP contribution >= 0.6 is 16.5 Å². The number of aryl methyl sites for hydroxylation is 1. The van der Waals surface area contributed by atoms with Gasteiger partial charge in [0.1, 0.15) is 0 Å². The molecule has 0 fully saturated rings. The maximum absolute atomic E-state index is 10.5. The van der Waals surface area contributed by atoms with E-state index in [1.165, 1.54) is 0 Å². The molecule has 0 amide bonds. The number of rotatable bonds is 7. The maximum atomic E-state index is 10.5. The first-order chi connectivity index (χ1) is 8.08. The van der Waals surface area contributed by atoms with Crippen LogP contribution in [0.4, 0.5) is 0 Å². The van der Waals surface area contributed by atoms with E-state index >= 15 is 0 Å². The summed E-state index contributed by atoms with van der Waals surface area (Å²) in [4.78, 5) is 17.1. The smallest absolute Gasteiger partial charge is 0.133 e. The first-order valence-corrected chi connectivity index (χ1v) is 7.03. The van der Waals surface area contributed by atoms with Crippen LogP contribution in [0.25, 0.3) is 0 Å². The Kier molecular flexibility index (Phi) is 6.37. The zero-order valence-corrected chi connectivity index (χ0v) is 10.6. The van der Waals surface area contributed by atoms with Crippen molar-refractivity contribution in [1.82, 2.24) is 0 Å². The van der Waals surface area contributed by atoms with Crippen molar-refractivity contribution in [3.63, 3.8) is 0 Å². The SMILES string of the molecule is O=[P+](O)OC(CCc1ccccc1)O[P+](=O)O. The highest BCUT2D eigenvalue weighted by Crippen LogP contribution is 2.28. The summed E-state index contributed by atoms with van der Waals surface area (Å²) in [5.74, 6) is 0. The molecule has 2 N–H and O–H groups in total. The van der Waals surface area contributed by atoms with Gasteiger partial charge in [-0.2, -0.15) is 0 Å². The van der Waals surface area contributed by atoms with Gasteiger partial charge in [-0.3, -0.25) is 0 Å². The highest BCUT2D eigenvalue weighted by Gasteiger charge is 2.32. The summed E-state index contributed by atoms with van der Waals surface area (Å²) in [5, 5.41) is 0. The fraction of sp³-hybridized carbons (Fsp3) is 0.333. The lowest BCUT2D eigenvalue weighted by molar-refractivity contribution is -0.00326. The van der Waals surface area contributed by atoms with E-state index in [0.717, 1.165) is 5.56 Å². The maximum Gasteiger partial charge on any atom is 0.697 e. The van der Waals surface area contributed by atoms with Crippen LogP contribution in [-0.2, 0) is 24.6 Å². The molecule has 17 heavy (non-hydrogen) atoms.